The van der Waals surface area contributed by atoms with Gasteiger partial charge in [0.25, 0.3) is 11.8 Å². The molecule has 2 N–H and O–H groups in total. The number of carbonyl (C=O) groups excluding carboxylic acids is 3. The fraction of sp³-hybridized carbons (Fsp3) is 0.333. The van der Waals surface area contributed by atoms with Crippen LogP contribution in [0.5, 0.6) is 0 Å². The second-order valence-corrected chi connectivity index (χ2v) is 6.63. The molecular weight excluding hydrogens is 387 g/mol. The number of rotatable bonds is 4. The van der Waals surface area contributed by atoms with E-state index in [1.165, 1.54) is 40.9 Å². The van der Waals surface area contributed by atoms with Crippen LogP contribution in [0.1, 0.15) is 5.82 Å². The van der Waals surface area contributed by atoms with E-state index in [9.17, 15) is 27.6 Å². The summed E-state index contributed by atoms with van der Waals surface area (Å²) >= 11 is 1.36. The fourth-order valence-electron chi connectivity index (χ4n) is 2.53. The average Bonchev–Trinajstić information content (AvgIpc) is 3.17. The van der Waals surface area contributed by atoms with Gasteiger partial charge in [0.2, 0.25) is 11.7 Å². The van der Waals surface area contributed by atoms with Crippen molar-refractivity contribution in [3.05, 3.63) is 30.1 Å². The molecule has 0 unspecified atom stereocenters. The van der Waals surface area contributed by atoms with Crippen LogP contribution in [-0.4, -0.2) is 50.3 Å². The second-order valence-electron chi connectivity index (χ2n) is 5.67. The third-order valence-corrected chi connectivity index (χ3v) is 4.66. The van der Waals surface area contributed by atoms with Gasteiger partial charge in [-0.15, -0.1) is 11.8 Å². The minimum Gasteiger partial charge on any atom is -0.323 e. The molecule has 144 valence electrons. The van der Waals surface area contributed by atoms with Gasteiger partial charge in [0.05, 0.1) is 22.7 Å². The second kappa shape index (κ2) is 7.47. The molecule has 0 spiro atoms. The van der Waals surface area contributed by atoms with Crippen molar-refractivity contribution >= 4 is 40.5 Å². The molecule has 0 aliphatic carbocycles. The molecule has 0 bridgehead atoms. The molecule has 1 saturated heterocycles. The summed E-state index contributed by atoms with van der Waals surface area (Å²) in [5, 5.41) is 0. The minimum atomic E-state index is -4.74. The molecule has 2 heterocycles. The number of hydrazine groups is 1. The smallest absolute Gasteiger partial charge is 0.323 e. The summed E-state index contributed by atoms with van der Waals surface area (Å²) in [6, 6.07) is 5.90. The Kier molecular flexibility index (Phi) is 5.26. The third-order valence-electron chi connectivity index (χ3n) is 3.71. The number of fused-ring (bicyclic) bond motifs is 1. The van der Waals surface area contributed by atoms with Gasteiger partial charge in [0, 0.05) is 0 Å². The van der Waals surface area contributed by atoms with Crippen molar-refractivity contribution in [1.29, 1.82) is 0 Å². The number of imidazole rings is 1. The maximum absolute atomic E-state index is 13.2. The zero-order valence-electron chi connectivity index (χ0n) is 13.7. The molecule has 27 heavy (non-hydrogen) atoms. The Balaban J connectivity index is 1.65. The molecule has 3 amide bonds. The van der Waals surface area contributed by atoms with Gasteiger partial charge in [0.1, 0.15) is 13.1 Å². The molecular formula is C15H14F3N5O3S. The van der Waals surface area contributed by atoms with E-state index in [4.69, 9.17) is 0 Å². The first-order valence-electron chi connectivity index (χ1n) is 7.71. The third kappa shape index (κ3) is 4.32. The number of hydrogen-bond donors (Lipinski definition) is 2. The van der Waals surface area contributed by atoms with Crippen molar-refractivity contribution in [2.75, 3.05) is 18.2 Å². The van der Waals surface area contributed by atoms with Crippen LogP contribution < -0.4 is 10.9 Å². The summed E-state index contributed by atoms with van der Waals surface area (Å²) in [4.78, 5) is 40.0. The first-order valence-corrected chi connectivity index (χ1v) is 8.87. The standard InChI is InChI=1S/C15H14F3N5O3S/c16-15(17,18)14-19-9-3-1-2-4-10(9)23(14)6-12(25)21-20-11(24)5-22-8-27-7-13(22)26/h1-4H,5-8H2,(H,20,24)(H,21,25). The quantitative estimate of drug-likeness (QED) is 0.737. The van der Waals surface area contributed by atoms with Gasteiger partial charge in [-0.3, -0.25) is 25.2 Å². The predicted octanol–water partition coefficient (Wildman–Crippen LogP) is 0.735. The zero-order chi connectivity index (χ0) is 19.6. The summed E-state index contributed by atoms with van der Waals surface area (Å²) in [5.41, 5.74) is 4.39. The molecule has 8 nitrogen and oxygen atoms in total. The zero-order valence-corrected chi connectivity index (χ0v) is 14.6. The number of thioether (sulfide) groups is 1. The maximum Gasteiger partial charge on any atom is 0.449 e. The highest BCUT2D eigenvalue weighted by molar-refractivity contribution is 8.00. The van der Waals surface area contributed by atoms with E-state index in [-0.39, 0.29) is 29.2 Å². The van der Waals surface area contributed by atoms with Crippen molar-refractivity contribution in [1.82, 2.24) is 25.3 Å². The minimum absolute atomic E-state index is 0.103. The van der Waals surface area contributed by atoms with Gasteiger partial charge in [-0.2, -0.15) is 13.2 Å². The van der Waals surface area contributed by atoms with Crippen molar-refractivity contribution in [3.63, 3.8) is 0 Å². The number of aromatic nitrogens is 2. The van der Waals surface area contributed by atoms with Crippen LogP contribution in [0.15, 0.2) is 24.3 Å². The number of benzene rings is 1. The van der Waals surface area contributed by atoms with Crippen LogP contribution in [0.3, 0.4) is 0 Å². The van der Waals surface area contributed by atoms with Gasteiger partial charge < -0.3 is 9.47 Å². The predicted molar refractivity (Wildman–Crippen MR) is 90.1 cm³/mol. The maximum atomic E-state index is 13.2. The van der Waals surface area contributed by atoms with E-state index >= 15 is 0 Å². The number of para-hydroxylation sites is 2. The Morgan fingerprint density at radius 2 is 1.81 bits per heavy atom. The van der Waals surface area contributed by atoms with E-state index in [1.54, 1.807) is 0 Å². The van der Waals surface area contributed by atoms with Gasteiger partial charge in [-0.1, -0.05) is 12.1 Å². The Bertz CT molecular complexity index is 898. The number of alkyl halides is 3. The molecule has 0 saturated carbocycles. The van der Waals surface area contributed by atoms with Gasteiger partial charge in [0.15, 0.2) is 0 Å². The summed E-state index contributed by atoms with van der Waals surface area (Å²) in [7, 11) is 0. The average molecular weight is 401 g/mol. The summed E-state index contributed by atoms with van der Waals surface area (Å²) in [6.45, 7) is -0.929. The highest BCUT2D eigenvalue weighted by Crippen LogP contribution is 2.31. The fourth-order valence-corrected chi connectivity index (χ4v) is 3.43. The Labute approximate surface area is 155 Å². The summed E-state index contributed by atoms with van der Waals surface area (Å²) in [5.74, 6) is -2.25. The first-order chi connectivity index (χ1) is 12.8. The van der Waals surface area contributed by atoms with Gasteiger partial charge in [-0.05, 0) is 12.1 Å². The lowest BCUT2D eigenvalue weighted by Crippen LogP contribution is -2.47. The number of amides is 3. The Morgan fingerprint density at radius 3 is 2.44 bits per heavy atom. The first kappa shape index (κ1) is 19.0. The van der Waals surface area contributed by atoms with E-state index in [1.807, 2.05) is 0 Å². The molecule has 0 radical (unpaired) electrons. The van der Waals surface area contributed by atoms with Crippen molar-refractivity contribution in [2.45, 2.75) is 12.7 Å². The number of carbonyl (C=O) groups is 3. The molecule has 1 aliphatic heterocycles. The highest BCUT2D eigenvalue weighted by atomic mass is 32.2. The molecule has 12 heteroatoms. The van der Waals surface area contributed by atoms with E-state index in [0.717, 1.165) is 4.57 Å². The molecule has 1 aliphatic rings. The van der Waals surface area contributed by atoms with Crippen molar-refractivity contribution in [2.24, 2.45) is 0 Å². The lowest BCUT2D eigenvalue weighted by atomic mass is 10.3. The van der Waals surface area contributed by atoms with Gasteiger partial charge in [-0.25, -0.2) is 4.98 Å². The van der Waals surface area contributed by atoms with E-state index < -0.39 is 30.4 Å². The SMILES string of the molecule is O=C(CN1CSCC1=O)NNC(=O)Cn1c(C(F)(F)F)nc2ccccc21. The number of nitrogens with one attached hydrogen (secondary N) is 2. The molecule has 0 atom stereocenters. The Morgan fingerprint density at radius 1 is 1.15 bits per heavy atom. The molecule has 3 rings (SSSR count). The lowest BCUT2D eigenvalue weighted by Gasteiger charge is -2.15. The largest absolute Gasteiger partial charge is 0.449 e. The van der Waals surface area contributed by atoms with Crippen LogP contribution in [0, 0.1) is 0 Å². The van der Waals surface area contributed by atoms with Gasteiger partial charge >= 0.3 is 6.18 Å². The summed E-state index contributed by atoms with van der Waals surface area (Å²) in [6.07, 6.45) is -4.74. The molecule has 1 aromatic heterocycles. The molecule has 1 fully saturated rings. The number of nitrogens with zero attached hydrogens (tertiary/aromatic N) is 3. The van der Waals surface area contributed by atoms with Crippen LogP contribution in [0.4, 0.5) is 13.2 Å². The topological polar surface area (TPSA) is 96.3 Å². The molecule has 2 aromatic rings. The van der Waals surface area contributed by atoms with Crippen LogP contribution >= 0.6 is 11.8 Å². The van der Waals surface area contributed by atoms with E-state index in [2.05, 4.69) is 15.8 Å². The normalized spacial score (nSPS) is 14.6. The van der Waals surface area contributed by atoms with Crippen molar-refractivity contribution in [3.8, 4) is 0 Å². The highest BCUT2D eigenvalue weighted by Gasteiger charge is 2.38. The van der Waals surface area contributed by atoms with Crippen LogP contribution in [-0.2, 0) is 27.1 Å². The monoisotopic (exact) mass is 401 g/mol. The van der Waals surface area contributed by atoms with Crippen LogP contribution in [0.2, 0.25) is 0 Å². The van der Waals surface area contributed by atoms with E-state index in [0.29, 0.717) is 5.88 Å². The summed E-state index contributed by atoms with van der Waals surface area (Å²) < 4.78 is 40.3. The number of hydrogen-bond acceptors (Lipinski definition) is 5. The van der Waals surface area contributed by atoms with Crippen molar-refractivity contribution < 1.29 is 27.6 Å². The lowest BCUT2D eigenvalue weighted by molar-refractivity contribution is -0.147. The molecule has 1 aromatic carbocycles. The van der Waals surface area contributed by atoms with Crippen LogP contribution in [0.25, 0.3) is 11.0 Å². The Hall–Kier alpha value is -2.76. The number of halogens is 3.